The molecule has 0 unspecified atom stereocenters. The molecule has 2 nitrogen and oxygen atoms in total. The number of halogens is 1. The first kappa shape index (κ1) is 9.55. The zero-order valence-corrected chi connectivity index (χ0v) is 9.49. The minimum Gasteiger partial charge on any atom is -0.148 e. The number of hydrogen-bond donors (Lipinski definition) is 0. The predicted octanol–water partition coefficient (Wildman–Crippen LogP) is 3.74. The minimum atomic E-state index is 0.436. The molecular formula is C13H9ClN2. The van der Waals surface area contributed by atoms with Gasteiger partial charge in [0, 0.05) is 10.8 Å². The Morgan fingerprint density at radius 1 is 1.00 bits per heavy atom. The van der Waals surface area contributed by atoms with Crippen LogP contribution in [0.4, 0.5) is 0 Å². The highest BCUT2D eigenvalue weighted by Crippen LogP contribution is 2.27. The number of benzene rings is 2. The first-order valence-corrected chi connectivity index (χ1v) is 5.45. The summed E-state index contributed by atoms with van der Waals surface area (Å²) in [6, 6.07) is 12.2. The summed E-state index contributed by atoms with van der Waals surface area (Å²) in [6.45, 7) is 2.06. The molecule has 0 saturated heterocycles. The fraction of sp³-hybridized carbons (Fsp3) is 0.0769. The van der Waals surface area contributed by atoms with Gasteiger partial charge in [-0.2, -0.15) is 0 Å². The van der Waals surface area contributed by atoms with Crippen LogP contribution < -0.4 is 0 Å². The van der Waals surface area contributed by atoms with E-state index in [0.29, 0.717) is 5.15 Å². The van der Waals surface area contributed by atoms with Crippen molar-refractivity contribution in [3.8, 4) is 0 Å². The van der Waals surface area contributed by atoms with E-state index < -0.39 is 0 Å². The van der Waals surface area contributed by atoms with Gasteiger partial charge in [0.05, 0.1) is 0 Å². The molecule has 0 spiro atoms. The van der Waals surface area contributed by atoms with Crippen molar-refractivity contribution in [2.75, 3.05) is 0 Å². The number of nitrogens with zero attached hydrogens (tertiary/aromatic N) is 2. The second-order valence-corrected chi connectivity index (χ2v) is 4.23. The predicted molar refractivity (Wildman–Crippen MR) is 66.8 cm³/mol. The van der Waals surface area contributed by atoms with Gasteiger partial charge in [-0.25, -0.2) is 0 Å². The molecule has 0 N–H and O–H groups in total. The van der Waals surface area contributed by atoms with E-state index in [2.05, 4.69) is 35.3 Å². The van der Waals surface area contributed by atoms with Crippen molar-refractivity contribution in [2.24, 2.45) is 0 Å². The van der Waals surface area contributed by atoms with E-state index in [4.69, 9.17) is 11.6 Å². The van der Waals surface area contributed by atoms with Crippen molar-refractivity contribution < 1.29 is 0 Å². The summed E-state index contributed by atoms with van der Waals surface area (Å²) in [5.74, 6) is 0. The number of rotatable bonds is 0. The highest BCUT2D eigenvalue weighted by molar-refractivity contribution is 6.30. The third-order valence-corrected chi connectivity index (χ3v) is 2.96. The van der Waals surface area contributed by atoms with Crippen molar-refractivity contribution in [1.29, 1.82) is 0 Å². The molecule has 0 aliphatic carbocycles. The van der Waals surface area contributed by atoms with Gasteiger partial charge >= 0.3 is 0 Å². The molecular weight excluding hydrogens is 220 g/mol. The lowest BCUT2D eigenvalue weighted by atomic mass is 10.0. The molecule has 0 radical (unpaired) electrons. The van der Waals surface area contributed by atoms with Crippen LogP contribution in [0, 0.1) is 6.92 Å². The van der Waals surface area contributed by atoms with Crippen LogP contribution in [0.2, 0.25) is 5.15 Å². The first-order valence-electron chi connectivity index (χ1n) is 5.07. The molecule has 3 heteroatoms. The fourth-order valence-corrected chi connectivity index (χ4v) is 2.16. The lowest BCUT2D eigenvalue weighted by Crippen LogP contribution is -1.89. The van der Waals surface area contributed by atoms with Crippen molar-refractivity contribution in [3.05, 3.63) is 47.1 Å². The Bertz CT molecular complexity index is 692. The van der Waals surface area contributed by atoms with Crippen LogP contribution >= 0.6 is 11.6 Å². The highest BCUT2D eigenvalue weighted by atomic mass is 35.5. The molecule has 1 aromatic heterocycles. The van der Waals surface area contributed by atoms with Gasteiger partial charge in [0.25, 0.3) is 0 Å². The van der Waals surface area contributed by atoms with Gasteiger partial charge in [-0.3, -0.25) is 0 Å². The zero-order valence-electron chi connectivity index (χ0n) is 8.74. The maximum Gasteiger partial charge on any atom is 0.152 e. The van der Waals surface area contributed by atoms with E-state index in [0.717, 1.165) is 16.3 Å². The molecule has 0 fully saturated rings. The Labute approximate surface area is 97.9 Å². The molecule has 0 saturated carbocycles. The topological polar surface area (TPSA) is 25.8 Å². The molecule has 0 bridgehead atoms. The van der Waals surface area contributed by atoms with Crippen LogP contribution in [-0.2, 0) is 0 Å². The van der Waals surface area contributed by atoms with Gasteiger partial charge < -0.3 is 0 Å². The molecule has 3 aromatic rings. The normalized spacial score (nSPS) is 11.1. The first-order chi connectivity index (χ1) is 7.75. The summed E-state index contributed by atoms with van der Waals surface area (Å²) < 4.78 is 0. The zero-order chi connectivity index (χ0) is 11.1. The number of aromatic nitrogens is 2. The third kappa shape index (κ3) is 1.34. The van der Waals surface area contributed by atoms with Crippen LogP contribution in [0.25, 0.3) is 21.7 Å². The molecule has 0 aliphatic rings. The summed E-state index contributed by atoms with van der Waals surface area (Å²) in [6.07, 6.45) is 0. The Hall–Kier alpha value is -1.67. The Morgan fingerprint density at radius 3 is 2.69 bits per heavy atom. The van der Waals surface area contributed by atoms with E-state index in [-0.39, 0.29) is 0 Å². The summed E-state index contributed by atoms with van der Waals surface area (Å²) in [7, 11) is 0. The molecule has 1 heterocycles. The smallest absolute Gasteiger partial charge is 0.148 e. The van der Waals surface area contributed by atoms with Gasteiger partial charge in [0.2, 0.25) is 0 Å². The molecule has 0 aliphatic heterocycles. The van der Waals surface area contributed by atoms with Crippen molar-refractivity contribution in [1.82, 2.24) is 10.2 Å². The van der Waals surface area contributed by atoms with Gasteiger partial charge in [-0.15, -0.1) is 10.2 Å². The number of hydrogen-bond acceptors (Lipinski definition) is 2. The molecule has 2 aromatic carbocycles. The third-order valence-electron chi connectivity index (χ3n) is 2.78. The van der Waals surface area contributed by atoms with E-state index in [1.165, 1.54) is 10.9 Å². The van der Waals surface area contributed by atoms with E-state index in [9.17, 15) is 0 Å². The summed E-state index contributed by atoms with van der Waals surface area (Å²) in [5.41, 5.74) is 2.09. The second kappa shape index (κ2) is 3.42. The van der Waals surface area contributed by atoms with E-state index in [1.54, 1.807) is 0 Å². The maximum atomic E-state index is 5.87. The van der Waals surface area contributed by atoms with Crippen LogP contribution in [0.15, 0.2) is 36.4 Å². The lowest BCUT2D eigenvalue weighted by molar-refractivity contribution is 1.08. The SMILES string of the molecule is Cc1cc2ccccc2c2nnc(Cl)cc12. The van der Waals surface area contributed by atoms with Crippen LogP contribution in [0.1, 0.15) is 5.56 Å². The largest absolute Gasteiger partial charge is 0.152 e. The van der Waals surface area contributed by atoms with Gasteiger partial charge in [0.1, 0.15) is 5.52 Å². The van der Waals surface area contributed by atoms with Gasteiger partial charge in [-0.1, -0.05) is 41.9 Å². The fourth-order valence-electron chi connectivity index (χ4n) is 2.02. The molecule has 78 valence electrons. The van der Waals surface area contributed by atoms with Crippen LogP contribution in [0.3, 0.4) is 0 Å². The number of aryl methyl sites for hydroxylation is 1. The van der Waals surface area contributed by atoms with Gasteiger partial charge in [0.15, 0.2) is 5.15 Å². The van der Waals surface area contributed by atoms with Crippen molar-refractivity contribution in [2.45, 2.75) is 6.92 Å². The average molecular weight is 229 g/mol. The quantitative estimate of drug-likeness (QED) is 0.548. The average Bonchev–Trinajstić information content (AvgIpc) is 2.29. The van der Waals surface area contributed by atoms with Crippen LogP contribution in [-0.4, -0.2) is 10.2 Å². The number of fused-ring (bicyclic) bond motifs is 3. The maximum absolute atomic E-state index is 5.87. The lowest BCUT2D eigenvalue weighted by Gasteiger charge is -2.05. The van der Waals surface area contributed by atoms with Gasteiger partial charge in [-0.05, 0) is 23.9 Å². The Balaban J connectivity index is 2.59. The monoisotopic (exact) mass is 228 g/mol. The molecule has 0 atom stereocenters. The van der Waals surface area contributed by atoms with E-state index >= 15 is 0 Å². The highest BCUT2D eigenvalue weighted by Gasteiger charge is 2.05. The van der Waals surface area contributed by atoms with E-state index in [1.807, 2.05) is 18.2 Å². The standard InChI is InChI=1S/C13H9ClN2/c1-8-6-9-4-2-3-5-10(9)13-11(8)7-12(14)15-16-13/h2-7H,1H3. The Morgan fingerprint density at radius 2 is 1.81 bits per heavy atom. The van der Waals surface area contributed by atoms with Crippen molar-refractivity contribution in [3.63, 3.8) is 0 Å². The Kier molecular flexibility index (Phi) is 2.04. The summed E-state index contributed by atoms with van der Waals surface area (Å²) in [4.78, 5) is 0. The molecule has 0 amide bonds. The summed E-state index contributed by atoms with van der Waals surface area (Å²) >= 11 is 5.87. The second-order valence-electron chi connectivity index (χ2n) is 3.84. The van der Waals surface area contributed by atoms with Crippen LogP contribution in [0.5, 0.6) is 0 Å². The van der Waals surface area contributed by atoms with Crippen molar-refractivity contribution >= 4 is 33.3 Å². The summed E-state index contributed by atoms with van der Waals surface area (Å²) in [5, 5.41) is 11.9. The molecule has 3 rings (SSSR count). The minimum absolute atomic E-state index is 0.436. The molecule has 16 heavy (non-hydrogen) atoms.